The number of carbonyl (C=O) groups is 1. The summed E-state index contributed by atoms with van der Waals surface area (Å²) in [5.74, 6) is -1.29. The Bertz CT molecular complexity index is 1290. The molecule has 4 rings (SSSR count). The van der Waals surface area contributed by atoms with Crippen LogP contribution in [-0.2, 0) is 9.84 Å². The van der Waals surface area contributed by atoms with Crippen LogP contribution in [-0.4, -0.2) is 45.7 Å². The van der Waals surface area contributed by atoms with E-state index < -0.39 is 15.8 Å². The number of carboxylic acid groups (broad SMARTS) is 1. The third-order valence-electron chi connectivity index (χ3n) is 5.47. The molecule has 1 aliphatic rings. The molecule has 0 saturated carbocycles. The molecule has 0 spiro atoms. The van der Waals surface area contributed by atoms with E-state index in [1.165, 1.54) is 6.07 Å². The lowest BCUT2D eigenvalue weighted by molar-refractivity contribution is 0.0696. The Kier molecular flexibility index (Phi) is 5.20. The van der Waals surface area contributed by atoms with Crippen LogP contribution in [0, 0.1) is 6.92 Å². The van der Waals surface area contributed by atoms with Gasteiger partial charge in [0.2, 0.25) is 5.88 Å². The Hall–Kier alpha value is -2.29. The molecule has 10 heteroatoms. The predicted molar refractivity (Wildman–Crippen MR) is 115 cm³/mol. The third-order valence-corrected chi connectivity index (χ3v) is 7.73. The van der Waals surface area contributed by atoms with E-state index in [2.05, 4.69) is 4.98 Å². The molecule has 30 heavy (non-hydrogen) atoms. The first-order valence-corrected chi connectivity index (χ1v) is 11.8. The van der Waals surface area contributed by atoms with Crippen LogP contribution in [0.1, 0.15) is 34.9 Å². The molecule has 2 N–H and O–H groups in total. The number of aromatic nitrogens is 2. The second-order valence-corrected chi connectivity index (χ2v) is 10.5. The number of carboxylic acids is 1. The van der Waals surface area contributed by atoms with Crippen LogP contribution >= 0.6 is 23.2 Å². The van der Waals surface area contributed by atoms with Gasteiger partial charge in [-0.25, -0.2) is 13.2 Å². The smallest absolute Gasteiger partial charge is 0.338 e. The highest BCUT2D eigenvalue weighted by atomic mass is 35.5. The first-order chi connectivity index (χ1) is 14.1. The van der Waals surface area contributed by atoms with Gasteiger partial charge in [0.25, 0.3) is 0 Å². The number of fused-ring (bicyclic) bond motifs is 1. The zero-order chi connectivity index (χ0) is 21.8. The summed E-state index contributed by atoms with van der Waals surface area (Å²) in [6, 6.07) is 4.47. The van der Waals surface area contributed by atoms with Gasteiger partial charge in [-0.15, -0.1) is 0 Å². The van der Waals surface area contributed by atoms with Crippen molar-refractivity contribution in [3.8, 4) is 17.0 Å². The van der Waals surface area contributed by atoms with Crippen molar-refractivity contribution in [2.24, 2.45) is 0 Å². The lowest BCUT2D eigenvalue weighted by Gasteiger charge is -2.24. The molecule has 7 nitrogen and oxygen atoms in total. The molecule has 1 aliphatic heterocycles. The molecule has 0 atom stereocenters. The number of sulfone groups is 1. The van der Waals surface area contributed by atoms with E-state index in [0.717, 1.165) is 0 Å². The largest absolute Gasteiger partial charge is 0.494 e. The lowest BCUT2D eigenvalue weighted by Crippen LogP contribution is -2.25. The number of pyridine rings is 1. The third kappa shape index (κ3) is 3.53. The van der Waals surface area contributed by atoms with Crippen molar-refractivity contribution in [2.75, 3.05) is 11.5 Å². The zero-order valence-electron chi connectivity index (χ0n) is 15.9. The minimum absolute atomic E-state index is 0.0360. The van der Waals surface area contributed by atoms with Crippen molar-refractivity contribution in [1.82, 2.24) is 9.55 Å². The normalized spacial score (nSPS) is 16.8. The number of halogens is 2. The van der Waals surface area contributed by atoms with Gasteiger partial charge in [-0.2, -0.15) is 0 Å². The number of aryl methyl sites for hydroxylation is 1. The number of hydrogen-bond acceptors (Lipinski definition) is 5. The van der Waals surface area contributed by atoms with Gasteiger partial charge in [0, 0.05) is 33.4 Å². The Labute approximate surface area is 182 Å². The van der Waals surface area contributed by atoms with Crippen LogP contribution in [0.4, 0.5) is 0 Å². The summed E-state index contributed by atoms with van der Waals surface area (Å²) in [4.78, 5) is 16.5. The highest BCUT2D eigenvalue weighted by Gasteiger charge is 2.30. The highest BCUT2D eigenvalue weighted by molar-refractivity contribution is 7.91. The van der Waals surface area contributed by atoms with Gasteiger partial charge in [-0.1, -0.05) is 29.3 Å². The monoisotopic (exact) mass is 468 g/mol. The molecule has 158 valence electrons. The van der Waals surface area contributed by atoms with E-state index in [-0.39, 0.29) is 50.7 Å². The number of hydrogen-bond donors (Lipinski definition) is 2. The van der Waals surface area contributed by atoms with E-state index >= 15 is 0 Å². The molecule has 3 aromatic rings. The Balaban J connectivity index is 2.00. The zero-order valence-corrected chi connectivity index (χ0v) is 18.2. The minimum atomic E-state index is -3.07. The highest BCUT2D eigenvalue weighted by Crippen LogP contribution is 2.44. The van der Waals surface area contributed by atoms with E-state index in [4.69, 9.17) is 23.2 Å². The Morgan fingerprint density at radius 1 is 1.23 bits per heavy atom. The fourth-order valence-corrected chi connectivity index (χ4v) is 6.00. The van der Waals surface area contributed by atoms with Crippen LogP contribution in [0.5, 0.6) is 5.88 Å². The second kappa shape index (κ2) is 7.44. The van der Waals surface area contributed by atoms with Gasteiger partial charge in [-0.3, -0.25) is 4.98 Å². The van der Waals surface area contributed by atoms with Gasteiger partial charge >= 0.3 is 5.97 Å². The summed E-state index contributed by atoms with van der Waals surface area (Å²) in [5, 5.41) is 21.8. The fraction of sp³-hybridized carbons (Fsp3) is 0.300. The van der Waals surface area contributed by atoms with Crippen molar-refractivity contribution in [2.45, 2.75) is 25.8 Å². The molecule has 0 unspecified atom stereocenters. The maximum Gasteiger partial charge on any atom is 0.338 e. The molecule has 2 aromatic heterocycles. The topological polar surface area (TPSA) is 109 Å². The van der Waals surface area contributed by atoms with Crippen molar-refractivity contribution in [1.29, 1.82) is 0 Å². The molecule has 3 heterocycles. The van der Waals surface area contributed by atoms with Gasteiger partial charge in [0.05, 0.1) is 33.7 Å². The molecule has 1 saturated heterocycles. The Morgan fingerprint density at radius 3 is 2.50 bits per heavy atom. The van der Waals surface area contributed by atoms with Crippen molar-refractivity contribution in [3.05, 3.63) is 45.7 Å². The van der Waals surface area contributed by atoms with Gasteiger partial charge in [0.1, 0.15) is 9.84 Å². The minimum Gasteiger partial charge on any atom is -0.494 e. The van der Waals surface area contributed by atoms with E-state index in [1.54, 1.807) is 29.8 Å². The van der Waals surface area contributed by atoms with E-state index in [1.807, 2.05) is 0 Å². The standard InChI is InChI=1S/C20H18Cl2N2O5S/c1-10-16(20(26)27)17(13-3-2-11(21)8-14(13)22)18-15(23-10)9-24(19(18)25)12-4-6-30(28,29)7-5-12/h2-3,8-9,12,25H,4-7H2,1H3,(H,26,27). The average Bonchev–Trinajstić information content (AvgIpc) is 2.97. The number of rotatable bonds is 3. The SMILES string of the molecule is Cc1nc2cn(C3CCS(=O)(=O)CC3)c(O)c2c(-c2ccc(Cl)cc2Cl)c1C(=O)O. The molecular formula is C20H18Cl2N2O5S. The number of aromatic hydroxyl groups is 1. The average molecular weight is 469 g/mol. The van der Waals surface area contributed by atoms with Crippen molar-refractivity contribution in [3.63, 3.8) is 0 Å². The van der Waals surface area contributed by atoms with Crippen LogP contribution in [0.15, 0.2) is 24.4 Å². The molecule has 1 fully saturated rings. The van der Waals surface area contributed by atoms with Crippen LogP contribution < -0.4 is 0 Å². The van der Waals surface area contributed by atoms with Crippen molar-refractivity contribution >= 4 is 49.9 Å². The number of benzene rings is 1. The molecule has 0 aliphatic carbocycles. The Morgan fingerprint density at radius 2 is 1.90 bits per heavy atom. The number of nitrogens with zero attached hydrogens (tertiary/aromatic N) is 2. The van der Waals surface area contributed by atoms with Crippen molar-refractivity contribution < 1.29 is 23.4 Å². The van der Waals surface area contributed by atoms with E-state index in [9.17, 15) is 23.4 Å². The fourth-order valence-electron chi connectivity index (χ4n) is 4.03. The first kappa shape index (κ1) is 21.0. The molecular weight excluding hydrogens is 451 g/mol. The van der Waals surface area contributed by atoms with Gasteiger partial charge in [-0.05, 0) is 31.9 Å². The van der Waals surface area contributed by atoms with Gasteiger partial charge < -0.3 is 14.8 Å². The summed E-state index contributed by atoms with van der Waals surface area (Å²) >= 11 is 12.4. The molecule has 0 amide bonds. The second-order valence-electron chi connectivity index (χ2n) is 7.38. The number of aromatic carboxylic acids is 1. The summed E-state index contributed by atoms with van der Waals surface area (Å²) in [6.07, 6.45) is 2.36. The maximum atomic E-state index is 12.1. The van der Waals surface area contributed by atoms with Gasteiger partial charge in [0.15, 0.2) is 0 Å². The molecule has 0 bridgehead atoms. The van der Waals surface area contributed by atoms with E-state index in [0.29, 0.717) is 28.9 Å². The summed E-state index contributed by atoms with van der Waals surface area (Å²) in [7, 11) is -3.07. The summed E-state index contributed by atoms with van der Waals surface area (Å²) < 4.78 is 25.1. The lowest BCUT2D eigenvalue weighted by atomic mass is 9.95. The molecule has 1 aromatic carbocycles. The summed E-state index contributed by atoms with van der Waals surface area (Å²) in [6.45, 7) is 1.58. The van der Waals surface area contributed by atoms with Crippen LogP contribution in [0.3, 0.4) is 0 Å². The predicted octanol–water partition coefficient (Wildman–Crippen LogP) is 4.47. The summed E-state index contributed by atoms with van der Waals surface area (Å²) in [5.41, 5.74) is 1.29. The molecule has 0 radical (unpaired) electrons. The van der Waals surface area contributed by atoms with Crippen LogP contribution in [0.2, 0.25) is 10.0 Å². The first-order valence-electron chi connectivity index (χ1n) is 9.22. The maximum absolute atomic E-state index is 12.1. The quantitative estimate of drug-likeness (QED) is 0.586. The van der Waals surface area contributed by atoms with Crippen LogP contribution in [0.25, 0.3) is 22.0 Å².